The Morgan fingerprint density at radius 2 is 2.31 bits per heavy atom. The number of hydrogen-bond acceptors (Lipinski definition) is 5. The van der Waals surface area contributed by atoms with E-state index in [1.807, 2.05) is 0 Å². The Morgan fingerprint density at radius 3 is 3.00 bits per heavy atom. The Morgan fingerprint density at radius 1 is 1.56 bits per heavy atom. The van der Waals surface area contributed by atoms with Gasteiger partial charge in [0.2, 0.25) is 5.88 Å². The van der Waals surface area contributed by atoms with Gasteiger partial charge in [0.05, 0.1) is 0 Å². The maximum atomic E-state index is 5.75. The van der Waals surface area contributed by atoms with Gasteiger partial charge >= 0.3 is 0 Å². The molecule has 1 aliphatic carbocycles. The third kappa shape index (κ3) is 2.74. The molecule has 1 heterocycles. The van der Waals surface area contributed by atoms with Gasteiger partial charge in [-0.2, -0.15) is 4.98 Å². The van der Waals surface area contributed by atoms with E-state index in [-0.39, 0.29) is 5.15 Å². The molecule has 88 valence electrons. The van der Waals surface area contributed by atoms with Crippen molar-refractivity contribution in [2.24, 2.45) is 0 Å². The molecule has 1 aromatic heterocycles. The highest BCUT2D eigenvalue weighted by Gasteiger charge is 2.25. The Balaban J connectivity index is 1.82. The van der Waals surface area contributed by atoms with E-state index in [4.69, 9.17) is 22.1 Å². The average Bonchev–Trinajstić information content (AvgIpc) is 3.07. The van der Waals surface area contributed by atoms with Crippen LogP contribution in [0.1, 0.15) is 12.8 Å². The molecule has 0 unspecified atom stereocenters. The van der Waals surface area contributed by atoms with Crippen molar-refractivity contribution in [3.63, 3.8) is 0 Å². The zero-order valence-corrected chi connectivity index (χ0v) is 9.94. The van der Waals surface area contributed by atoms with Crippen molar-refractivity contribution >= 4 is 17.3 Å². The number of nitrogens with two attached hydrogens (primary N) is 1. The maximum absolute atomic E-state index is 5.75. The molecule has 0 atom stereocenters. The van der Waals surface area contributed by atoms with E-state index < -0.39 is 0 Å². The van der Waals surface area contributed by atoms with Crippen LogP contribution >= 0.6 is 11.6 Å². The highest BCUT2D eigenvalue weighted by Crippen LogP contribution is 2.26. The fourth-order valence-corrected chi connectivity index (χ4v) is 1.58. The van der Waals surface area contributed by atoms with E-state index in [9.17, 15) is 0 Å². The van der Waals surface area contributed by atoms with Gasteiger partial charge in [-0.25, -0.2) is 4.98 Å². The van der Waals surface area contributed by atoms with E-state index >= 15 is 0 Å². The van der Waals surface area contributed by atoms with Gasteiger partial charge in [0.25, 0.3) is 0 Å². The molecule has 0 bridgehead atoms. The third-order valence-corrected chi connectivity index (χ3v) is 2.95. The first-order valence-electron chi connectivity index (χ1n) is 5.27. The largest absolute Gasteiger partial charge is 0.475 e. The van der Waals surface area contributed by atoms with Crippen molar-refractivity contribution in [2.45, 2.75) is 18.9 Å². The number of rotatable bonds is 5. The molecule has 16 heavy (non-hydrogen) atoms. The zero-order valence-electron chi connectivity index (χ0n) is 9.19. The van der Waals surface area contributed by atoms with Crippen LogP contribution in [-0.4, -0.2) is 41.1 Å². The summed E-state index contributed by atoms with van der Waals surface area (Å²) >= 11 is 5.75. The highest BCUT2D eigenvalue weighted by atomic mass is 35.5. The van der Waals surface area contributed by atoms with Crippen LogP contribution in [0.4, 0.5) is 5.69 Å². The van der Waals surface area contributed by atoms with Crippen LogP contribution in [0, 0.1) is 0 Å². The lowest BCUT2D eigenvalue weighted by atomic mass is 10.5. The molecule has 1 saturated carbocycles. The number of nitrogen functional groups attached to an aromatic ring is 1. The Kier molecular flexibility index (Phi) is 3.46. The van der Waals surface area contributed by atoms with Crippen LogP contribution < -0.4 is 10.5 Å². The Labute approximate surface area is 99.6 Å². The second-order valence-electron chi connectivity index (χ2n) is 3.94. The van der Waals surface area contributed by atoms with E-state index in [1.54, 1.807) is 0 Å². The fraction of sp³-hybridized carbons (Fsp3) is 0.600. The van der Waals surface area contributed by atoms with Gasteiger partial charge in [-0.1, -0.05) is 11.6 Å². The normalized spacial score (nSPS) is 15.4. The van der Waals surface area contributed by atoms with Crippen LogP contribution in [0.2, 0.25) is 5.15 Å². The number of ether oxygens (including phenoxy) is 1. The molecule has 1 aromatic rings. The van der Waals surface area contributed by atoms with Crippen molar-refractivity contribution in [1.82, 2.24) is 14.9 Å². The lowest BCUT2D eigenvalue weighted by Crippen LogP contribution is -2.26. The molecule has 1 aliphatic rings. The van der Waals surface area contributed by atoms with E-state index in [1.165, 1.54) is 19.2 Å². The van der Waals surface area contributed by atoms with Crippen LogP contribution in [0.15, 0.2) is 6.33 Å². The molecule has 0 spiro atoms. The summed E-state index contributed by atoms with van der Waals surface area (Å²) in [6, 6.07) is 0.731. The Bertz CT molecular complexity index is 370. The fourth-order valence-electron chi connectivity index (χ4n) is 1.46. The summed E-state index contributed by atoms with van der Waals surface area (Å²) in [5.74, 6) is 0.365. The summed E-state index contributed by atoms with van der Waals surface area (Å²) in [4.78, 5) is 9.97. The molecular weight excluding hydrogens is 228 g/mol. The number of halogens is 1. The van der Waals surface area contributed by atoms with E-state index in [0.29, 0.717) is 18.2 Å². The summed E-state index contributed by atoms with van der Waals surface area (Å²) in [6.07, 6.45) is 3.93. The molecule has 2 N–H and O–H groups in total. The van der Waals surface area contributed by atoms with Crippen molar-refractivity contribution in [2.75, 3.05) is 25.9 Å². The minimum atomic E-state index is 0.237. The van der Waals surface area contributed by atoms with Crippen molar-refractivity contribution in [3.8, 4) is 5.88 Å². The van der Waals surface area contributed by atoms with Gasteiger partial charge < -0.3 is 15.4 Å². The average molecular weight is 243 g/mol. The lowest BCUT2D eigenvalue weighted by molar-refractivity contribution is 0.227. The molecule has 0 saturated heterocycles. The first-order valence-corrected chi connectivity index (χ1v) is 5.65. The molecule has 0 aromatic carbocycles. The SMILES string of the molecule is CN(CCOc1ncnc(Cl)c1N)C1CC1. The monoisotopic (exact) mass is 242 g/mol. The lowest BCUT2D eigenvalue weighted by Gasteiger charge is -2.15. The van der Waals surface area contributed by atoms with Crippen LogP contribution in [0.3, 0.4) is 0 Å². The van der Waals surface area contributed by atoms with Crippen molar-refractivity contribution in [3.05, 3.63) is 11.5 Å². The second-order valence-corrected chi connectivity index (χ2v) is 4.30. The summed E-state index contributed by atoms with van der Waals surface area (Å²) in [5.41, 5.74) is 5.98. The maximum Gasteiger partial charge on any atom is 0.241 e. The molecule has 0 radical (unpaired) electrons. The van der Waals surface area contributed by atoms with Crippen molar-refractivity contribution < 1.29 is 4.74 Å². The van der Waals surface area contributed by atoms with Gasteiger partial charge in [-0.15, -0.1) is 0 Å². The van der Waals surface area contributed by atoms with Crippen molar-refractivity contribution in [1.29, 1.82) is 0 Å². The van der Waals surface area contributed by atoms with E-state index in [0.717, 1.165) is 12.6 Å². The zero-order chi connectivity index (χ0) is 11.5. The molecule has 0 amide bonds. The molecule has 1 fully saturated rings. The first-order chi connectivity index (χ1) is 7.68. The van der Waals surface area contributed by atoms with E-state index in [2.05, 4.69) is 21.9 Å². The quantitative estimate of drug-likeness (QED) is 0.786. The summed E-state index contributed by atoms with van der Waals surface area (Å²) in [6.45, 7) is 1.43. The molecule has 5 nitrogen and oxygen atoms in total. The number of aromatic nitrogens is 2. The summed E-state index contributed by atoms with van der Waals surface area (Å²) < 4.78 is 5.46. The summed E-state index contributed by atoms with van der Waals surface area (Å²) in [5, 5.41) is 0.237. The standard InChI is InChI=1S/C10H15ClN4O/c1-15(7-2-3-7)4-5-16-10-8(12)9(11)13-6-14-10/h6-7H,2-5,12H2,1H3. The topological polar surface area (TPSA) is 64.3 Å². The predicted octanol–water partition coefficient (Wildman–Crippen LogP) is 1.19. The van der Waals surface area contributed by atoms with Crippen LogP contribution in [0.5, 0.6) is 5.88 Å². The highest BCUT2D eigenvalue weighted by molar-refractivity contribution is 6.32. The molecular formula is C10H15ClN4O. The summed E-state index contributed by atoms with van der Waals surface area (Å²) in [7, 11) is 2.09. The molecule has 6 heteroatoms. The number of hydrogen-bond donors (Lipinski definition) is 1. The minimum absolute atomic E-state index is 0.237. The minimum Gasteiger partial charge on any atom is -0.475 e. The van der Waals surface area contributed by atoms with Gasteiger partial charge in [-0.3, -0.25) is 0 Å². The van der Waals surface area contributed by atoms with Gasteiger partial charge in [0.1, 0.15) is 18.6 Å². The van der Waals surface area contributed by atoms with Crippen LogP contribution in [-0.2, 0) is 0 Å². The Hall–Kier alpha value is -1.07. The van der Waals surface area contributed by atoms with Gasteiger partial charge in [0, 0.05) is 12.6 Å². The molecule has 0 aliphatic heterocycles. The number of likely N-dealkylation sites (N-methyl/N-ethyl adjacent to an activating group) is 1. The molecule has 2 rings (SSSR count). The van der Waals surface area contributed by atoms with Gasteiger partial charge in [-0.05, 0) is 19.9 Å². The number of nitrogens with zero attached hydrogens (tertiary/aromatic N) is 3. The first kappa shape index (κ1) is 11.4. The second kappa shape index (κ2) is 4.84. The smallest absolute Gasteiger partial charge is 0.241 e. The van der Waals surface area contributed by atoms with Crippen LogP contribution in [0.25, 0.3) is 0 Å². The predicted molar refractivity (Wildman–Crippen MR) is 62.6 cm³/mol. The third-order valence-electron chi connectivity index (χ3n) is 2.65. The number of anilines is 1. The van der Waals surface area contributed by atoms with Gasteiger partial charge in [0.15, 0.2) is 5.15 Å².